The van der Waals surface area contributed by atoms with E-state index in [4.69, 9.17) is 0 Å². The fourth-order valence-electron chi connectivity index (χ4n) is 2.54. The monoisotopic (exact) mass is 244 g/mol. The van der Waals surface area contributed by atoms with E-state index >= 15 is 0 Å². The van der Waals surface area contributed by atoms with Gasteiger partial charge in [0.25, 0.3) is 0 Å². The second-order valence-corrected chi connectivity index (χ2v) is 4.80. The van der Waals surface area contributed by atoms with E-state index in [1.54, 1.807) is 12.4 Å². The number of hydrogen-bond donors (Lipinski definition) is 2. The van der Waals surface area contributed by atoms with Crippen LogP contribution in [0, 0.1) is 0 Å². The smallest absolute Gasteiger partial charge is 0.192 e. The average Bonchev–Trinajstić information content (AvgIpc) is 2.90. The first kappa shape index (κ1) is 11.2. The van der Waals surface area contributed by atoms with Crippen molar-refractivity contribution in [2.45, 2.75) is 38.0 Å². The van der Waals surface area contributed by atoms with Gasteiger partial charge in [-0.1, -0.05) is 19.3 Å². The molecule has 5 heteroatoms. The molecular formula is C13H16N4O. The topological polar surface area (TPSA) is 74.4 Å². The first-order chi connectivity index (χ1) is 8.84. The third-order valence-electron chi connectivity index (χ3n) is 3.56. The Hall–Kier alpha value is -1.91. The van der Waals surface area contributed by atoms with Gasteiger partial charge in [0.2, 0.25) is 0 Å². The molecule has 2 aromatic rings. The third kappa shape index (κ3) is 2.08. The summed E-state index contributed by atoms with van der Waals surface area (Å²) in [4.78, 5) is 19.1. The van der Waals surface area contributed by atoms with Gasteiger partial charge in [0.15, 0.2) is 11.3 Å². The van der Waals surface area contributed by atoms with Crippen molar-refractivity contribution in [3.8, 4) is 11.4 Å². The number of pyridine rings is 1. The average molecular weight is 244 g/mol. The predicted molar refractivity (Wildman–Crippen MR) is 68.3 cm³/mol. The highest BCUT2D eigenvalue weighted by molar-refractivity contribution is 5.52. The van der Waals surface area contributed by atoms with Gasteiger partial charge in [-0.2, -0.15) is 5.10 Å². The minimum atomic E-state index is -0.0528. The molecule has 0 radical (unpaired) electrons. The number of aromatic nitrogens is 4. The molecule has 0 bridgehead atoms. The summed E-state index contributed by atoms with van der Waals surface area (Å²) in [6, 6.07) is 1.49. The lowest BCUT2D eigenvalue weighted by molar-refractivity contribution is 0.429. The van der Waals surface area contributed by atoms with Crippen LogP contribution in [0.25, 0.3) is 11.4 Å². The van der Waals surface area contributed by atoms with Crippen molar-refractivity contribution in [1.82, 2.24) is 20.2 Å². The van der Waals surface area contributed by atoms with Gasteiger partial charge in [-0.3, -0.25) is 9.89 Å². The second kappa shape index (κ2) is 4.76. The molecule has 2 aromatic heterocycles. The van der Waals surface area contributed by atoms with Crippen molar-refractivity contribution in [2.24, 2.45) is 0 Å². The number of hydrogen-bond acceptors (Lipinski definition) is 3. The van der Waals surface area contributed by atoms with Crippen LogP contribution < -0.4 is 5.43 Å². The molecule has 2 heterocycles. The van der Waals surface area contributed by atoms with Crippen molar-refractivity contribution in [3.05, 3.63) is 34.5 Å². The highest BCUT2D eigenvalue weighted by Gasteiger charge is 2.19. The molecule has 1 fully saturated rings. The summed E-state index contributed by atoms with van der Waals surface area (Å²) < 4.78 is 0. The van der Waals surface area contributed by atoms with Crippen molar-refractivity contribution in [3.63, 3.8) is 0 Å². The summed E-state index contributed by atoms with van der Waals surface area (Å²) in [5.41, 5.74) is 0.471. The van der Waals surface area contributed by atoms with Gasteiger partial charge >= 0.3 is 0 Å². The predicted octanol–water partition coefficient (Wildman–Crippen LogP) is 2.21. The van der Waals surface area contributed by atoms with Gasteiger partial charge in [-0.15, -0.1) is 0 Å². The molecule has 0 atom stereocenters. The van der Waals surface area contributed by atoms with Crippen LogP contribution in [-0.2, 0) is 0 Å². The Kier molecular flexibility index (Phi) is 2.96. The van der Waals surface area contributed by atoms with Crippen LogP contribution in [0.1, 0.15) is 43.8 Å². The van der Waals surface area contributed by atoms with Crippen LogP contribution in [-0.4, -0.2) is 20.2 Å². The van der Waals surface area contributed by atoms with Gasteiger partial charge in [0.1, 0.15) is 5.82 Å². The molecule has 1 saturated carbocycles. The van der Waals surface area contributed by atoms with Gasteiger partial charge in [0.05, 0.1) is 5.56 Å². The maximum absolute atomic E-state index is 11.7. The molecule has 1 aliphatic carbocycles. The van der Waals surface area contributed by atoms with E-state index in [0.29, 0.717) is 17.3 Å². The quantitative estimate of drug-likeness (QED) is 0.850. The highest BCUT2D eigenvalue weighted by atomic mass is 16.1. The molecule has 18 heavy (non-hydrogen) atoms. The lowest BCUT2D eigenvalue weighted by atomic mass is 9.89. The molecule has 0 spiro atoms. The van der Waals surface area contributed by atoms with Crippen molar-refractivity contribution >= 4 is 0 Å². The summed E-state index contributed by atoms with van der Waals surface area (Å²) in [5.74, 6) is 1.90. The van der Waals surface area contributed by atoms with Crippen molar-refractivity contribution in [1.29, 1.82) is 0 Å². The van der Waals surface area contributed by atoms with Crippen molar-refractivity contribution < 1.29 is 0 Å². The summed E-state index contributed by atoms with van der Waals surface area (Å²) in [7, 11) is 0. The van der Waals surface area contributed by atoms with E-state index in [1.165, 1.54) is 38.2 Å². The maximum atomic E-state index is 11.7. The zero-order valence-corrected chi connectivity index (χ0v) is 10.1. The minimum absolute atomic E-state index is 0.0528. The molecule has 0 aromatic carbocycles. The Bertz CT molecular complexity index is 580. The van der Waals surface area contributed by atoms with E-state index < -0.39 is 0 Å². The van der Waals surface area contributed by atoms with Gasteiger partial charge in [-0.05, 0) is 12.8 Å². The van der Waals surface area contributed by atoms with Crippen LogP contribution in [0.2, 0.25) is 0 Å². The molecule has 0 unspecified atom stereocenters. The number of rotatable bonds is 2. The van der Waals surface area contributed by atoms with E-state index in [-0.39, 0.29) is 5.43 Å². The van der Waals surface area contributed by atoms with Gasteiger partial charge in [0, 0.05) is 24.4 Å². The van der Waals surface area contributed by atoms with E-state index in [1.807, 2.05) is 0 Å². The molecule has 2 N–H and O–H groups in total. The summed E-state index contributed by atoms with van der Waals surface area (Å²) >= 11 is 0. The molecule has 1 aliphatic rings. The SMILES string of the molecule is O=c1cc[nH]cc1-c1n[nH]c(C2CCCCC2)n1. The molecular weight excluding hydrogens is 228 g/mol. The Morgan fingerprint density at radius 1 is 1.22 bits per heavy atom. The Balaban J connectivity index is 1.89. The number of aromatic amines is 2. The largest absolute Gasteiger partial charge is 0.367 e. The Morgan fingerprint density at radius 3 is 2.83 bits per heavy atom. The highest BCUT2D eigenvalue weighted by Crippen LogP contribution is 2.30. The molecule has 0 amide bonds. The lowest BCUT2D eigenvalue weighted by Crippen LogP contribution is -2.06. The van der Waals surface area contributed by atoms with E-state index in [2.05, 4.69) is 20.2 Å². The summed E-state index contributed by atoms with van der Waals surface area (Å²) in [5, 5.41) is 7.15. The first-order valence-corrected chi connectivity index (χ1v) is 6.44. The molecule has 5 nitrogen and oxygen atoms in total. The first-order valence-electron chi connectivity index (χ1n) is 6.44. The maximum Gasteiger partial charge on any atom is 0.192 e. The normalized spacial score (nSPS) is 16.9. The van der Waals surface area contributed by atoms with Crippen LogP contribution in [0.3, 0.4) is 0 Å². The van der Waals surface area contributed by atoms with Crippen LogP contribution in [0.15, 0.2) is 23.3 Å². The number of nitrogens with one attached hydrogen (secondary N) is 2. The third-order valence-corrected chi connectivity index (χ3v) is 3.56. The second-order valence-electron chi connectivity index (χ2n) is 4.80. The number of nitrogens with zero attached hydrogens (tertiary/aromatic N) is 2. The van der Waals surface area contributed by atoms with Crippen molar-refractivity contribution in [2.75, 3.05) is 0 Å². The van der Waals surface area contributed by atoms with Crippen LogP contribution >= 0.6 is 0 Å². The minimum Gasteiger partial charge on any atom is -0.367 e. The van der Waals surface area contributed by atoms with Gasteiger partial charge in [-0.25, -0.2) is 4.98 Å². The molecule has 3 rings (SSSR count). The van der Waals surface area contributed by atoms with E-state index in [0.717, 1.165) is 5.82 Å². The fraction of sp³-hybridized carbons (Fsp3) is 0.462. The van der Waals surface area contributed by atoms with E-state index in [9.17, 15) is 4.79 Å². The molecule has 0 aliphatic heterocycles. The molecule has 94 valence electrons. The number of H-pyrrole nitrogens is 2. The Morgan fingerprint density at radius 2 is 2.06 bits per heavy atom. The fourth-order valence-corrected chi connectivity index (χ4v) is 2.54. The zero-order chi connectivity index (χ0) is 12.4. The zero-order valence-electron chi connectivity index (χ0n) is 10.1. The summed E-state index contributed by atoms with van der Waals surface area (Å²) in [6.45, 7) is 0. The lowest BCUT2D eigenvalue weighted by Gasteiger charge is -2.18. The standard InChI is InChI=1S/C13H16N4O/c18-11-6-7-14-8-10(11)13-15-12(16-17-13)9-4-2-1-3-5-9/h6-9H,1-5H2,(H,14,18)(H,15,16,17). The van der Waals surface area contributed by atoms with Crippen LogP contribution in [0.5, 0.6) is 0 Å². The summed E-state index contributed by atoms with van der Waals surface area (Å²) in [6.07, 6.45) is 9.42. The van der Waals surface area contributed by atoms with Gasteiger partial charge < -0.3 is 4.98 Å². The molecule has 0 saturated heterocycles. The van der Waals surface area contributed by atoms with Crippen LogP contribution in [0.4, 0.5) is 0 Å². The Labute approximate surface area is 105 Å².